The Labute approximate surface area is 241 Å². The molecule has 0 aliphatic carbocycles. The second-order valence-corrected chi connectivity index (χ2v) is 12.3. The van der Waals surface area contributed by atoms with Gasteiger partial charge in [0, 0.05) is 53.1 Å². The maximum atomic E-state index is 2.42. The molecule has 9 rings (SSSR count). The second kappa shape index (κ2) is 8.33. The summed E-state index contributed by atoms with van der Waals surface area (Å²) < 4.78 is 7.48. The molecule has 0 saturated carbocycles. The van der Waals surface area contributed by atoms with Crippen molar-refractivity contribution in [2.24, 2.45) is 0 Å². The van der Waals surface area contributed by atoms with Crippen LogP contribution in [0, 0.1) is 13.8 Å². The Bertz CT molecular complexity index is 2330. The second-order valence-electron chi connectivity index (χ2n) is 11.2. The molecule has 0 bridgehead atoms. The van der Waals surface area contributed by atoms with Gasteiger partial charge in [0.1, 0.15) is 0 Å². The first-order valence-corrected chi connectivity index (χ1v) is 14.9. The van der Waals surface area contributed by atoms with E-state index < -0.39 is 0 Å². The van der Waals surface area contributed by atoms with Crippen molar-refractivity contribution in [3.8, 4) is 11.4 Å². The molecular weight excluding hydrogens is 516 g/mol. The van der Waals surface area contributed by atoms with Crippen LogP contribution in [0.3, 0.4) is 0 Å². The maximum absolute atomic E-state index is 2.42. The third-order valence-corrected chi connectivity index (χ3v) is 9.76. The highest BCUT2D eigenvalue weighted by Crippen LogP contribution is 2.40. The van der Waals surface area contributed by atoms with E-state index in [4.69, 9.17) is 0 Å². The van der Waals surface area contributed by atoms with Crippen LogP contribution < -0.4 is 0 Å². The number of thiophene rings is 1. The minimum atomic E-state index is 1.20. The summed E-state index contributed by atoms with van der Waals surface area (Å²) in [6.07, 6.45) is 0. The van der Waals surface area contributed by atoms with Crippen molar-refractivity contribution in [1.82, 2.24) is 9.13 Å². The topological polar surface area (TPSA) is 9.86 Å². The number of para-hydroxylation sites is 2. The summed E-state index contributed by atoms with van der Waals surface area (Å²) in [5, 5.41) is 7.81. The zero-order valence-electron chi connectivity index (χ0n) is 22.8. The SMILES string of the molecule is Cc1ccc2c(c1)c1ccccc1n2-c1ccc2sc3ccc(-n4c5ccccc5c5cc(C)ccc54)cc3c2c1. The Morgan fingerprint density at radius 3 is 1.32 bits per heavy atom. The number of hydrogen-bond donors (Lipinski definition) is 0. The summed E-state index contributed by atoms with van der Waals surface area (Å²) in [5.41, 5.74) is 9.95. The monoisotopic (exact) mass is 542 g/mol. The average molecular weight is 543 g/mol. The number of nitrogens with zero attached hydrogens (tertiary/aromatic N) is 2. The number of aryl methyl sites for hydroxylation is 2. The van der Waals surface area contributed by atoms with Gasteiger partial charge in [-0.1, -0.05) is 59.7 Å². The van der Waals surface area contributed by atoms with Gasteiger partial charge in [-0.2, -0.15) is 0 Å². The Morgan fingerprint density at radius 1 is 0.390 bits per heavy atom. The Morgan fingerprint density at radius 2 is 0.829 bits per heavy atom. The van der Waals surface area contributed by atoms with E-state index >= 15 is 0 Å². The number of benzene rings is 6. The van der Waals surface area contributed by atoms with Crippen molar-refractivity contribution in [2.75, 3.05) is 0 Å². The quantitative estimate of drug-likeness (QED) is 0.206. The molecule has 2 nitrogen and oxygen atoms in total. The lowest BCUT2D eigenvalue weighted by Crippen LogP contribution is -1.94. The Hall–Kier alpha value is -4.86. The Kier molecular flexibility index (Phi) is 4.65. The fourth-order valence-corrected chi connectivity index (χ4v) is 7.83. The first-order valence-electron chi connectivity index (χ1n) is 14.1. The Balaban J connectivity index is 1.31. The molecule has 0 atom stereocenters. The van der Waals surface area contributed by atoms with Gasteiger partial charge in [-0.25, -0.2) is 0 Å². The first kappa shape index (κ1) is 22.9. The van der Waals surface area contributed by atoms with Crippen molar-refractivity contribution in [3.63, 3.8) is 0 Å². The van der Waals surface area contributed by atoms with E-state index in [2.05, 4.69) is 144 Å². The predicted octanol–water partition coefficient (Wildman–Crippen LogP) is 10.9. The summed E-state index contributed by atoms with van der Waals surface area (Å²) in [6, 6.07) is 45.0. The standard InChI is InChI=1S/C38H26N2S/c1-23-11-15-35-29(19-23)27-7-3-5-9-33(27)39(35)25-13-17-37-31(21-25)32-22-26(14-18-38(32)41-37)40-34-10-6-4-8-28(34)30-20-24(2)12-16-36(30)40/h3-22H,1-2H3. The normalized spacial score (nSPS) is 12.1. The molecule has 3 aromatic heterocycles. The van der Waals surface area contributed by atoms with E-state index in [-0.39, 0.29) is 0 Å². The first-order chi connectivity index (χ1) is 20.1. The highest BCUT2D eigenvalue weighted by molar-refractivity contribution is 7.25. The molecule has 3 heteroatoms. The summed E-state index contributed by atoms with van der Waals surface area (Å²) in [4.78, 5) is 0. The summed E-state index contributed by atoms with van der Waals surface area (Å²) >= 11 is 1.87. The summed E-state index contributed by atoms with van der Waals surface area (Å²) in [7, 11) is 0. The van der Waals surface area contributed by atoms with E-state index in [1.54, 1.807) is 0 Å². The summed E-state index contributed by atoms with van der Waals surface area (Å²) in [5.74, 6) is 0. The largest absolute Gasteiger partial charge is 0.309 e. The molecule has 9 aromatic rings. The van der Waals surface area contributed by atoms with Gasteiger partial charge in [0.05, 0.1) is 22.1 Å². The van der Waals surface area contributed by atoms with Gasteiger partial charge in [0.15, 0.2) is 0 Å². The van der Waals surface area contributed by atoms with E-state index in [1.807, 2.05) is 11.3 Å². The molecule has 0 fully saturated rings. The molecule has 0 aliphatic heterocycles. The average Bonchev–Trinajstić information content (AvgIpc) is 3.64. The number of hydrogen-bond acceptors (Lipinski definition) is 1. The molecule has 41 heavy (non-hydrogen) atoms. The predicted molar refractivity (Wildman–Crippen MR) is 177 cm³/mol. The molecule has 0 unspecified atom stereocenters. The van der Waals surface area contributed by atoms with Crippen LogP contribution in [0.5, 0.6) is 0 Å². The molecule has 3 heterocycles. The molecule has 0 aliphatic rings. The minimum absolute atomic E-state index is 1.20. The molecule has 0 N–H and O–H groups in total. The molecular formula is C38H26N2S. The lowest BCUT2D eigenvalue weighted by Gasteiger charge is -2.10. The van der Waals surface area contributed by atoms with Crippen molar-refractivity contribution in [2.45, 2.75) is 13.8 Å². The van der Waals surface area contributed by atoms with Crippen LogP contribution in [0.1, 0.15) is 11.1 Å². The van der Waals surface area contributed by atoms with Crippen LogP contribution in [0.25, 0.3) is 75.2 Å². The van der Waals surface area contributed by atoms with E-state index in [1.165, 1.54) is 86.3 Å². The van der Waals surface area contributed by atoms with E-state index in [0.717, 1.165) is 0 Å². The van der Waals surface area contributed by atoms with Gasteiger partial charge < -0.3 is 9.13 Å². The minimum Gasteiger partial charge on any atom is -0.309 e. The third kappa shape index (κ3) is 3.24. The van der Waals surface area contributed by atoms with Crippen LogP contribution >= 0.6 is 11.3 Å². The van der Waals surface area contributed by atoms with Crippen LogP contribution in [0.15, 0.2) is 121 Å². The van der Waals surface area contributed by atoms with Crippen LogP contribution in [0.2, 0.25) is 0 Å². The fourth-order valence-electron chi connectivity index (χ4n) is 6.76. The van der Waals surface area contributed by atoms with Crippen molar-refractivity contribution >= 4 is 75.1 Å². The summed E-state index contributed by atoms with van der Waals surface area (Å²) in [6.45, 7) is 4.34. The zero-order valence-corrected chi connectivity index (χ0v) is 23.7. The van der Waals surface area contributed by atoms with Crippen LogP contribution in [0.4, 0.5) is 0 Å². The van der Waals surface area contributed by atoms with Gasteiger partial charge in [0.25, 0.3) is 0 Å². The van der Waals surface area contributed by atoms with Crippen molar-refractivity contribution in [3.05, 3.63) is 132 Å². The third-order valence-electron chi connectivity index (χ3n) is 8.61. The molecule has 0 radical (unpaired) electrons. The smallest absolute Gasteiger partial charge is 0.0541 e. The maximum Gasteiger partial charge on any atom is 0.0541 e. The van der Waals surface area contributed by atoms with Crippen LogP contribution in [-0.4, -0.2) is 9.13 Å². The highest BCUT2D eigenvalue weighted by Gasteiger charge is 2.16. The number of rotatable bonds is 2. The van der Waals surface area contributed by atoms with Crippen molar-refractivity contribution in [1.29, 1.82) is 0 Å². The van der Waals surface area contributed by atoms with E-state index in [9.17, 15) is 0 Å². The number of aromatic nitrogens is 2. The van der Waals surface area contributed by atoms with Gasteiger partial charge in [-0.3, -0.25) is 0 Å². The fraction of sp³-hybridized carbons (Fsp3) is 0.0526. The molecule has 0 spiro atoms. The van der Waals surface area contributed by atoms with Gasteiger partial charge in [-0.05, 0) is 86.6 Å². The molecule has 0 amide bonds. The van der Waals surface area contributed by atoms with Crippen LogP contribution in [-0.2, 0) is 0 Å². The zero-order chi connectivity index (χ0) is 27.2. The van der Waals surface area contributed by atoms with E-state index in [0.29, 0.717) is 0 Å². The molecule has 6 aromatic carbocycles. The van der Waals surface area contributed by atoms with Crippen molar-refractivity contribution < 1.29 is 0 Å². The lowest BCUT2D eigenvalue weighted by molar-refractivity contribution is 1.18. The van der Waals surface area contributed by atoms with Gasteiger partial charge in [-0.15, -0.1) is 11.3 Å². The molecule has 194 valence electrons. The van der Waals surface area contributed by atoms with Gasteiger partial charge in [0.2, 0.25) is 0 Å². The number of fused-ring (bicyclic) bond motifs is 9. The van der Waals surface area contributed by atoms with Gasteiger partial charge >= 0.3 is 0 Å². The molecule has 0 saturated heterocycles. The highest BCUT2D eigenvalue weighted by atomic mass is 32.1. The lowest BCUT2D eigenvalue weighted by atomic mass is 10.1.